The molecule has 0 bridgehead atoms. The first-order valence-electron chi connectivity index (χ1n) is 8.34. The van der Waals surface area contributed by atoms with Gasteiger partial charge in [-0.2, -0.15) is 0 Å². The minimum Gasteiger partial charge on any atom is -0.484 e. The van der Waals surface area contributed by atoms with E-state index in [-0.39, 0.29) is 6.10 Å². The molecule has 25 heavy (non-hydrogen) atoms. The highest BCUT2D eigenvalue weighted by Crippen LogP contribution is 2.45. The predicted octanol–water partition coefficient (Wildman–Crippen LogP) is 5.92. The summed E-state index contributed by atoms with van der Waals surface area (Å²) in [7, 11) is 0. The standard InChI is InChI=1S/C22H18F2O/c1-13-8-9-14(2)16(10-13)20-12-18-21(24)19(23)11-17(22(18)25-20)15-6-4-3-5-7-15/h3-11,20H,12H2,1-2H3. The van der Waals surface area contributed by atoms with Crippen molar-refractivity contribution in [1.82, 2.24) is 0 Å². The summed E-state index contributed by atoms with van der Waals surface area (Å²) in [5, 5.41) is 0. The highest BCUT2D eigenvalue weighted by molar-refractivity contribution is 5.73. The molecule has 3 aromatic rings. The zero-order chi connectivity index (χ0) is 17.6. The van der Waals surface area contributed by atoms with E-state index in [1.165, 1.54) is 6.07 Å². The summed E-state index contributed by atoms with van der Waals surface area (Å²) in [6.07, 6.45) is 0.0388. The van der Waals surface area contributed by atoms with E-state index < -0.39 is 11.6 Å². The molecular formula is C22H18F2O. The Morgan fingerprint density at radius 3 is 2.48 bits per heavy atom. The Bertz CT molecular complexity index is 948. The van der Waals surface area contributed by atoms with E-state index in [9.17, 15) is 8.78 Å². The summed E-state index contributed by atoms with van der Waals surface area (Å²) in [6, 6.07) is 16.8. The van der Waals surface area contributed by atoms with E-state index in [2.05, 4.69) is 6.07 Å². The van der Waals surface area contributed by atoms with Crippen LogP contribution in [-0.4, -0.2) is 0 Å². The first-order valence-corrected chi connectivity index (χ1v) is 8.34. The molecule has 1 unspecified atom stereocenters. The minimum absolute atomic E-state index is 0.298. The van der Waals surface area contributed by atoms with E-state index in [1.54, 1.807) is 0 Å². The molecule has 0 aliphatic carbocycles. The van der Waals surface area contributed by atoms with Crippen molar-refractivity contribution in [2.45, 2.75) is 26.4 Å². The number of ether oxygens (including phenoxy) is 1. The van der Waals surface area contributed by atoms with E-state index in [1.807, 2.05) is 56.3 Å². The third kappa shape index (κ3) is 2.70. The van der Waals surface area contributed by atoms with Gasteiger partial charge < -0.3 is 4.74 Å². The second kappa shape index (κ2) is 5.99. The molecule has 0 spiro atoms. The summed E-state index contributed by atoms with van der Waals surface area (Å²) in [5.41, 5.74) is 4.97. The smallest absolute Gasteiger partial charge is 0.165 e. The van der Waals surface area contributed by atoms with E-state index in [0.29, 0.717) is 23.3 Å². The van der Waals surface area contributed by atoms with Gasteiger partial charge in [0.2, 0.25) is 0 Å². The van der Waals surface area contributed by atoms with Crippen molar-refractivity contribution in [3.05, 3.63) is 88.5 Å². The quantitative estimate of drug-likeness (QED) is 0.564. The molecule has 0 amide bonds. The van der Waals surface area contributed by atoms with Crippen molar-refractivity contribution in [1.29, 1.82) is 0 Å². The minimum atomic E-state index is -0.831. The van der Waals surface area contributed by atoms with Crippen LogP contribution in [0.5, 0.6) is 5.75 Å². The Labute approximate surface area is 145 Å². The van der Waals surface area contributed by atoms with Crippen LogP contribution >= 0.6 is 0 Å². The van der Waals surface area contributed by atoms with Gasteiger partial charge in [-0.15, -0.1) is 0 Å². The predicted molar refractivity (Wildman–Crippen MR) is 94.8 cm³/mol. The van der Waals surface area contributed by atoms with Crippen molar-refractivity contribution in [3.8, 4) is 16.9 Å². The lowest BCUT2D eigenvalue weighted by atomic mass is 9.96. The molecule has 126 valence electrons. The van der Waals surface area contributed by atoms with Gasteiger partial charge in [0.1, 0.15) is 11.9 Å². The molecule has 0 saturated heterocycles. The Kier molecular flexibility index (Phi) is 3.79. The second-order valence-electron chi connectivity index (χ2n) is 6.56. The van der Waals surface area contributed by atoms with E-state index in [0.717, 1.165) is 22.3 Å². The Morgan fingerprint density at radius 1 is 0.960 bits per heavy atom. The Morgan fingerprint density at radius 2 is 1.72 bits per heavy atom. The third-order valence-corrected chi connectivity index (χ3v) is 4.78. The van der Waals surface area contributed by atoms with Crippen LogP contribution in [0.3, 0.4) is 0 Å². The van der Waals surface area contributed by atoms with Crippen LogP contribution in [0.1, 0.15) is 28.4 Å². The van der Waals surface area contributed by atoms with Crippen molar-refractivity contribution < 1.29 is 13.5 Å². The van der Waals surface area contributed by atoms with Crippen LogP contribution in [0, 0.1) is 25.5 Å². The fourth-order valence-corrected chi connectivity index (χ4v) is 3.46. The molecule has 1 atom stereocenters. The van der Waals surface area contributed by atoms with Gasteiger partial charge in [0, 0.05) is 17.5 Å². The highest BCUT2D eigenvalue weighted by Gasteiger charge is 2.32. The highest BCUT2D eigenvalue weighted by atomic mass is 19.2. The molecule has 1 aliphatic rings. The zero-order valence-electron chi connectivity index (χ0n) is 14.1. The molecule has 1 nitrogen and oxygen atoms in total. The molecule has 0 fully saturated rings. The molecule has 0 aromatic heterocycles. The fraction of sp³-hybridized carbons (Fsp3) is 0.182. The number of benzene rings is 3. The van der Waals surface area contributed by atoms with Gasteiger partial charge in [-0.3, -0.25) is 0 Å². The maximum absolute atomic E-state index is 14.4. The van der Waals surface area contributed by atoms with Crippen LogP contribution in [0.2, 0.25) is 0 Å². The van der Waals surface area contributed by atoms with Gasteiger partial charge in [-0.05, 0) is 36.6 Å². The maximum Gasteiger partial charge on any atom is 0.165 e. The monoisotopic (exact) mass is 336 g/mol. The lowest BCUT2D eigenvalue weighted by Crippen LogP contribution is -2.06. The van der Waals surface area contributed by atoms with E-state index in [4.69, 9.17) is 4.74 Å². The molecule has 0 radical (unpaired) electrons. The molecule has 1 heterocycles. The van der Waals surface area contributed by atoms with Crippen molar-refractivity contribution in [2.24, 2.45) is 0 Å². The van der Waals surface area contributed by atoms with Gasteiger partial charge in [-0.1, -0.05) is 54.1 Å². The molecule has 0 N–H and O–H groups in total. The second-order valence-corrected chi connectivity index (χ2v) is 6.56. The number of halogens is 2. The van der Waals surface area contributed by atoms with Crippen LogP contribution in [0.4, 0.5) is 8.78 Å². The molecular weight excluding hydrogens is 318 g/mol. The topological polar surface area (TPSA) is 9.23 Å². The molecule has 3 aromatic carbocycles. The number of fused-ring (bicyclic) bond motifs is 1. The van der Waals surface area contributed by atoms with Crippen LogP contribution in [0.15, 0.2) is 54.6 Å². The lowest BCUT2D eigenvalue weighted by molar-refractivity contribution is 0.238. The van der Waals surface area contributed by atoms with Gasteiger partial charge in [0.05, 0.1) is 0 Å². The van der Waals surface area contributed by atoms with Gasteiger partial charge >= 0.3 is 0 Å². The first kappa shape index (κ1) is 15.8. The molecule has 0 saturated carbocycles. The van der Waals surface area contributed by atoms with Gasteiger partial charge in [0.25, 0.3) is 0 Å². The summed E-state index contributed by atoms with van der Waals surface area (Å²) in [5.74, 6) is -1.18. The fourth-order valence-electron chi connectivity index (χ4n) is 3.46. The van der Waals surface area contributed by atoms with Crippen molar-refractivity contribution in [2.75, 3.05) is 0 Å². The van der Waals surface area contributed by atoms with Crippen LogP contribution in [-0.2, 0) is 6.42 Å². The summed E-state index contributed by atoms with van der Waals surface area (Å²) in [6.45, 7) is 4.02. The maximum atomic E-state index is 14.4. The summed E-state index contributed by atoms with van der Waals surface area (Å²) in [4.78, 5) is 0. The Balaban J connectivity index is 1.83. The normalized spacial score (nSPS) is 15.8. The van der Waals surface area contributed by atoms with Gasteiger partial charge in [0.15, 0.2) is 11.6 Å². The zero-order valence-corrected chi connectivity index (χ0v) is 14.1. The number of hydrogen-bond acceptors (Lipinski definition) is 1. The third-order valence-electron chi connectivity index (χ3n) is 4.78. The summed E-state index contributed by atoms with van der Waals surface area (Å²) < 4.78 is 34.7. The average Bonchev–Trinajstić information content (AvgIpc) is 3.06. The SMILES string of the molecule is Cc1ccc(C)c(C2Cc3c(F)c(F)cc(-c4ccccc4)c3O2)c1. The van der Waals surface area contributed by atoms with Crippen LogP contribution in [0.25, 0.3) is 11.1 Å². The number of rotatable bonds is 2. The molecule has 4 rings (SSSR count). The lowest BCUT2D eigenvalue weighted by Gasteiger charge is -2.16. The molecule has 3 heteroatoms. The Hall–Kier alpha value is -2.68. The van der Waals surface area contributed by atoms with Crippen LogP contribution < -0.4 is 4.74 Å². The van der Waals surface area contributed by atoms with E-state index >= 15 is 0 Å². The van der Waals surface area contributed by atoms with Crippen molar-refractivity contribution >= 4 is 0 Å². The number of hydrogen-bond donors (Lipinski definition) is 0. The van der Waals surface area contributed by atoms with Crippen molar-refractivity contribution in [3.63, 3.8) is 0 Å². The molecule has 1 aliphatic heterocycles. The largest absolute Gasteiger partial charge is 0.484 e. The first-order chi connectivity index (χ1) is 12.0. The van der Waals surface area contributed by atoms with Gasteiger partial charge in [-0.25, -0.2) is 8.78 Å². The number of aryl methyl sites for hydroxylation is 2. The average molecular weight is 336 g/mol. The summed E-state index contributed by atoms with van der Waals surface area (Å²) >= 11 is 0.